The minimum atomic E-state index is -0.0995. The van der Waals surface area contributed by atoms with Crippen molar-refractivity contribution in [2.75, 3.05) is 39.4 Å². The highest BCUT2D eigenvalue weighted by Gasteiger charge is 2.19. The lowest BCUT2D eigenvalue weighted by atomic mass is 10.1. The zero-order valence-electron chi connectivity index (χ0n) is 18.3. The molecule has 4 rings (SSSR count). The fourth-order valence-corrected chi connectivity index (χ4v) is 3.84. The Hall–Kier alpha value is -2.96. The Bertz CT molecular complexity index is 1020. The number of nitrogens with zero attached hydrogens (tertiary/aromatic N) is 3. The van der Waals surface area contributed by atoms with Crippen LogP contribution in [0.3, 0.4) is 0 Å². The van der Waals surface area contributed by atoms with Crippen molar-refractivity contribution in [3.8, 4) is 16.9 Å². The van der Waals surface area contributed by atoms with E-state index in [2.05, 4.69) is 35.3 Å². The smallest absolute Gasteiger partial charge is 0.270 e. The number of rotatable bonds is 7. The molecule has 1 aliphatic rings. The molecule has 31 heavy (non-hydrogen) atoms. The molecule has 1 fully saturated rings. The van der Waals surface area contributed by atoms with Crippen molar-refractivity contribution in [2.24, 2.45) is 0 Å². The minimum Gasteiger partial charge on any atom is -0.379 e. The fraction of sp³-hybridized carbons (Fsp3) is 0.360. The van der Waals surface area contributed by atoms with Gasteiger partial charge in [0.05, 0.1) is 24.6 Å². The van der Waals surface area contributed by atoms with Crippen molar-refractivity contribution in [1.82, 2.24) is 20.0 Å². The van der Waals surface area contributed by atoms with Gasteiger partial charge >= 0.3 is 0 Å². The topological polar surface area (TPSA) is 59.4 Å². The summed E-state index contributed by atoms with van der Waals surface area (Å²) in [4.78, 5) is 15.5. The van der Waals surface area contributed by atoms with Crippen molar-refractivity contribution in [2.45, 2.75) is 20.3 Å². The zero-order chi connectivity index (χ0) is 21.6. The second kappa shape index (κ2) is 9.90. The quantitative estimate of drug-likeness (QED) is 0.596. The van der Waals surface area contributed by atoms with Gasteiger partial charge in [-0.3, -0.25) is 9.69 Å². The van der Waals surface area contributed by atoms with E-state index in [0.717, 1.165) is 67.3 Å². The second-order valence-corrected chi connectivity index (χ2v) is 8.05. The number of aromatic nitrogens is 2. The van der Waals surface area contributed by atoms with Crippen molar-refractivity contribution in [3.05, 3.63) is 71.4 Å². The number of aryl methyl sites for hydroxylation is 2. The van der Waals surface area contributed by atoms with Crippen LogP contribution in [-0.2, 0) is 4.74 Å². The SMILES string of the molecule is Cc1ccc(C)c(-n2nc(-c3ccccc3)cc2C(=O)NCCCN2CCOCC2)c1. The predicted molar refractivity (Wildman–Crippen MR) is 123 cm³/mol. The molecule has 1 saturated heterocycles. The third-order valence-corrected chi connectivity index (χ3v) is 5.64. The van der Waals surface area contributed by atoms with Gasteiger partial charge in [0.2, 0.25) is 0 Å². The molecule has 6 nitrogen and oxygen atoms in total. The molecule has 0 bridgehead atoms. The van der Waals surface area contributed by atoms with Crippen LogP contribution in [0.1, 0.15) is 28.0 Å². The summed E-state index contributed by atoms with van der Waals surface area (Å²) in [5.41, 5.74) is 5.48. The highest BCUT2D eigenvalue weighted by Crippen LogP contribution is 2.24. The van der Waals surface area contributed by atoms with E-state index in [1.54, 1.807) is 4.68 Å². The number of benzene rings is 2. The number of hydrogen-bond donors (Lipinski definition) is 1. The highest BCUT2D eigenvalue weighted by atomic mass is 16.5. The Morgan fingerprint density at radius 2 is 1.84 bits per heavy atom. The summed E-state index contributed by atoms with van der Waals surface area (Å²) in [5, 5.41) is 7.90. The average molecular weight is 419 g/mol. The van der Waals surface area contributed by atoms with Crippen LogP contribution in [0.25, 0.3) is 16.9 Å². The number of nitrogens with one attached hydrogen (secondary N) is 1. The molecule has 2 heterocycles. The Morgan fingerprint density at radius 3 is 2.61 bits per heavy atom. The van der Waals surface area contributed by atoms with E-state index in [-0.39, 0.29) is 5.91 Å². The molecule has 162 valence electrons. The summed E-state index contributed by atoms with van der Waals surface area (Å²) in [6.07, 6.45) is 0.912. The van der Waals surface area contributed by atoms with E-state index in [1.807, 2.05) is 43.3 Å². The van der Waals surface area contributed by atoms with E-state index in [4.69, 9.17) is 9.84 Å². The van der Waals surface area contributed by atoms with E-state index in [9.17, 15) is 4.79 Å². The van der Waals surface area contributed by atoms with Crippen LogP contribution in [0, 0.1) is 13.8 Å². The molecule has 2 aromatic carbocycles. The van der Waals surface area contributed by atoms with E-state index in [1.165, 1.54) is 0 Å². The van der Waals surface area contributed by atoms with Crippen LogP contribution >= 0.6 is 0 Å². The normalized spacial score (nSPS) is 14.5. The van der Waals surface area contributed by atoms with Gasteiger partial charge in [-0.25, -0.2) is 4.68 Å². The molecule has 1 aliphatic heterocycles. The molecule has 6 heteroatoms. The Balaban J connectivity index is 1.54. The van der Waals surface area contributed by atoms with Gasteiger partial charge in [-0.2, -0.15) is 5.10 Å². The molecule has 1 aromatic heterocycles. The van der Waals surface area contributed by atoms with Crippen LogP contribution in [0.5, 0.6) is 0 Å². The Kier molecular flexibility index (Phi) is 6.79. The van der Waals surface area contributed by atoms with Gasteiger partial charge in [0.25, 0.3) is 5.91 Å². The lowest BCUT2D eigenvalue weighted by Crippen LogP contribution is -2.38. The number of ether oxygens (including phenoxy) is 1. The maximum absolute atomic E-state index is 13.1. The molecule has 0 spiro atoms. The van der Waals surface area contributed by atoms with Gasteiger partial charge in [-0.15, -0.1) is 0 Å². The first kappa shape index (κ1) is 21.3. The largest absolute Gasteiger partial charge is 0.379 e. The Morgan fingerprint density at radius 1 is 1.06 bits per heavy atom. The van der Waals surface area contributed by atoms with Crippen molar-refractivity contribution in [3.63, 3.8) is 0 Å². The summed E-state index contributed by atoms with van der Waals surface area (Å²) in [6.45, 7) is 9.22. The van der Waals surface area contributed by atoms with Gasteiger partial charge in [0.1, 0.15) is 5.69 Å². The highest BCUT2D eigenvalue weighted by molar-refractivity contribution is 5.94. The first-order valence-corrected chi connectivity index (χ1v) is 10.9. The van der Waals surface area contributed by atoms with Gasteiger partial charge in [0.15, 0.2) is 0 Å². The van der Waals surface area contributed by atoms with E-state index < -0.39 is 0 Å². The summed E-state index contributed by atoms with van der Waals surface area (Å²) in [7, 11) is 0. The van der Waals surface area contributed by atoms with Gasteiger partial charge in [-0.1, -0.05) is 42.5 Å². The summed E-state index contributed by atoms with van der Waals surface area (Å²) in [5.74, 6) is -0.0995. The number of morpholine rings is 1. The number of amides is 1. The fourth-order valence-electron chi connectivity index (χ4n) is 3.84. The summed E-state index contributed by atoms with van der Waals surface area (Å²) < 4.78 is 7.17. The van der Waals surface area contributed by atoms with Crippen LogP contribution in [0.15, 0.2) is 54.6 Å². The number of carbonyl (C=O) groups excluding carboxylic acids is 1. The monoisotopic (exact) mass is 418 g/mol. The average Bonchev–Trinajstić information content (AvgIpc) is 3.25. The number of hydrogen-bond acceptors (Lipinski definition) is 4. The van der Waals surface area contributed by atoms with E-state index >= 15 is 0 Å². The van der Waals surface area contributed by atoms with E-state index in [0.29, 0.717) is 12.2 Å². The molecule has 1 amide bonds. The Labute approximate surface area is 183 Å². The van der Waals surface area contributed by atoms with Crippen LogP contribution in [0.4, 0.5) is 0 Å². The van der Waals surface area contributed by atoms with Crippen molar-refractivity contribution in [1.29, 1.82) is 0 Å². The molecular formula is C25H30N4O2. The van der Waals surface area contributed by atoms with Crippen molar-refractivity contribution >= 4 is 5.91 Å². The molecule has 0 aliphatic carbocycles. The molecule has 0 saturated carbocycles. The molecule has 0 unspecified atom stereocenters. The maximum Gasteiger partial charge on any atom is 0.270 e. The molecule has 1 N–H and O–H groups in total. The molecular weight excluding hydrogens is 388 g/mol. The standard InChI is InChI=1S/C25H30N4O2/c1-19-9-10-20(2)23(17-19)29-24(18-22(27-29)21-7-4-3-5-8-21)25(30)26-11-6-12-28-13-15-31-16-14-28/h3-5,7-10,17-18H,6,11-16H2,1-2H3,(H,26,30). The lowest BCUT2D eigenvalue weighted by Gasteiger charge is -2.26. The van der Waals surface area contributed by atoms with Crippen molar-refractivity contribution < 1.29 is 9.53 Å². The third kappa shape index (κ3) is 5.21. The molecule has 0 radical (unpaired) electrons. The minimum absolute atomic E-state index is 0.0995. The van der Waals surface area contributed by atoms with Crippen LogP contribution in [-0.4, -0.2) is 60.0 Å². The third-order valence-electron chi connectivity index (χ3n) is 5.64. The lowest BCUT2D eigenvalue weighted by molar-refractivity contribution is 0.0374. The first-order chi connectivity index (χ1) is 15.1. The maximum atomic E-state index is 13.1. The number of carbonyl (C=O) groups is 1. The second-order valence-electron chi connectivity index (χ2n) is 8.05. The van der Waals surface area contributed by atoms with Gasteiger partial charge in [-0.05, 0) is 50.1 Å². The molecule has 3 aromatic rings. The van der Waals surface area contributed by atoms with Crippen LogP contribution in [0.2, 0.25) is 0 Å². The first-order valence-electron chi connectivity index (χ1n) is 10.9. The summed E-state index contributed by atoms with van der Waals surface area (Å²) in [6, 6.07) is 18.1. The van der Waals surface area contributed by atoms with Gasteiger partial charge < -0.3 is 10.1 Å². The van der Waals surface area contributed by atoms with Crippen LogP contribution < -0.4 is 5.32 Å². The molecule has 0 atom stereocenters. The summed E-state index contributed by atoms with van der Waals surface area (Å²) >= 11 is 0. The zero-order valence-corrected chi connectivity index (χ0v) is 18.3. The predicted octanol–water partition coefficient (Wildman–Crippen LogP) is 3.61. The van der Waals surface area contributed by atoms with Gasteiger partial charge in [0, 0.05) is 25.2 Å².